The number of anilines is 2. The maximum absolute atomic E-state index is 11.9. The molecular weight excluding hydrogens is 314 g/mol. The summed E-state index contributed by atoms with van der Waals surface area (Å²) in [6, 6.07) is 15.5. The highest BCUT2D eigenvalue weighted by Gasteiger charge is 2.03. The fourth-order valence-electron chi connectivity index (χ4n) is 2.30. The highest BCUT2D eigenvalue weighted by Crippen LogP contribution is 2.18. The maximum Gasteiger partial charge on any atom is 0.319 e. The number of urea groups is 1. The van der Waals surface area contributed by atoms with Crippen molar-refractivity contribution in [1.82, 2.24) is 5.32 Å². The number of rotatable bonds is 7. The third-order valence-electron chi connectivity index (χ3n) is 3.84. The molecule has 0 fully saturated rings. The van der Waals surface area contributed by atoms with Gasteiger partial charge in [-0.15, -0.1) is 0 Å². The molecule has 0 aliphatic heterocycles. The van der Waals surface area contributed by atoms with Gasteiger partial charge in [-0.25, -0.2) is 4.79 Å². The predicted octanol–water partition coefficient (Wildman–Crippen LogP) is 4.08. The van der Waals surface area contributed by atoms with Gasteiger partial charge in [0.15, 0.2) is 0 Å². The summed E-state index contributed by atoms with van der Waals surface area (Å²) >= 11 is 0. The zero-order valence-corrected chi connectivity index (χ0v) is 15.4. The molecule has 0 atom stereocenters. The predicted molar refractivity (Wildman–Crippen MR) is 104 cm³/mol. The lowest BCUT2D eigenvalue weighted by Gasteiger charge is -2.13. The molecule has 2 aromatic carbocycles. The Hall–Kier alpha value is -2.69. The highest BCUT2D eigenvalue weighted by atomic mass is 16.5. The van der Waals surface area contributed by atoms with Crippen LogP contribution in [0.4, 0.5) is 16.2 Å². The lowest BCUT2D eigenvalue weighted by Crippen LogP contribution is -2.32. The molecule has 0 saturated carbocycles. The molecule has 2 N–H and O–H groups in total. The van der Waals surface area contributed by atoms with Gasteiger partial charge >= 0.3 is 6.03 Å². The van der Waals surface area contributed by atoms with Crippen molar-refractivity contribution in [2.24, 2.45) is 0 Å². The second-order valence-corrected chi connectivity index (χ2v) is 6.39. The van der Waals surface area contributed by atoms with Crippen molar-refractivity contribution >= 4 is 17.4 Å². The molecule has 0 aliphatic carbocycles. The topological polar surface area (TPSA) is 53.6 Å². The van der Waals surface area contributed by atoms with E-state index in [-0.39, 0.29) is 6.03 Å². The van der Waals surface area contributed by atoms with Gasteiger partial charge in [0.25, 0.3) is 0 Å². The number of nitrogens with one attached hydrogen (secondary N) is 2. The first kappa shape index (κ1) is 18.6. The minimum absolute atomic E-state index is 0.239. The average molecular weight is 341 g/mol. The summed E-state index contributed by atoms with van der Waals surface area (Å²) < 4.78 is 5.64. The number of amides is 2. The number of hydrogen-bond donors (Lipinski definition) is 2. The molecule has 134 valence electrons. The molecule has 2 amide bonds. The van der Waals surface area contributed by atoms with E-state index in [4.69, 9.17) is 4.74 Å². The molecule has 0 spiro atoms. The molecule has 5 nitrogen and oxygen atoms in total. The van der Waals surface area contributed by atoms with Crippen LogP contribution >= 0.6 is 0 Å². The fraction of sp³-hybridized carbons (Fsp3) is 0.350. The number of ether oxygens (including phenoxy) is 1. The van der Waals surface area contributed by atoms with Gasteiger partial charge < -0.3 is 20.3 Å². The number of benzene rings is 2. The summed E-state index contributed by atoms with van der Waals surface area (Å²) in [6.45, 7) is 5.18. The molecule has 25 heavy (non-hydrogen) atoms. The van der Waals surface area contributed by atoms with Gasteiger partial charge in [0, 0.05) is 25.5 Å². The molecule has 0 bridgehead atoms. The summed E-state index contributed by atoms with van der Waals surface area (Å²) in [5.41, 5.74) is 3.13. The molecule has 0 aromatic heterocycles. The van der Waals surface area contributed by atoms with Gasteiger partial charge in [-0.1, -0.05) is 26.0 Å². The van der Waals surface area contributed by atoms with Crippen LogP contribution in [0, 0.1) is 0 Å². The molecule has 0 aliphatic rings. The fourth-order valence-corrected chi connectivity index (χ4v) is 2.30. The SMILES string of the molecule is CC(C)c1ccc(OCCNC(=O)Nc2ccc(N(C)C)cc2)cc1. The van der Waals surface area contributed by atoms with E-state index in [1.165, 1.54) is 5.56 Å². The van der Waals surface area contributed by atoms with Crippen LogP contribution in [0.3, 0.4) is 0 Å². The molecular formula is C20H27N3O2. The van der Waals surface area contributed by atoms with E-state index < -0.39 is 0 Å². The van der Waals surface area contributed by atoms with Crippen LogP contribution in [0.25, 0.3) is 0 Å². The molecule has 2 rings (SSSR count). The Morgan fingerprint density at radius 1 is 1.04 bits per heavy atom. The van der Waals surface area contributed by atoms with Crippen molar-refractivity contribution in [1.29, 1.82) is 0 Å². The molecule has 0 unspecified atom stereocenters. The second-order valence-electron chi connectivity index (χ2n) is 6.39. The van der Waals surface area contributed by atoms with Crippen molar-refractivity contribution in [2.75, 3.05) is 37.5 Å². The van der Waals surface area contributed by atoms with E-state index in [1.54, 1.807) is 0 Å². The normalized spacial score (nSPS) is 10.4. The van der Waals surface area contributed by atoms with Gasteiger partial charge in [0.1, 0.15) is 12.4 Å². The lowest BCUT2D eigenvalue weighted by atomic mass is 10.0. The standard InChI is InChI=1S/C20H27N3O2/c1-15(2)16-5-11-19(12-6-16)25-14-13-21-20(24)22-17-7-9-18(10-8-17)23(3)4/h5-12,15H,13-14H2,1-4H3,(H2,21,22,24). The van der Waals surface area contributed by atoms with Crippen molar-refractivity contribution in [3.05, 3.63) is 54.1 Å². The van der Waals surface area contributed by atoms with Crippen molar-refractivity contribution < 1.29 is 9.53 Å². The van der Waals surface area contributed by atoms with E-state index in [0.717, 1.165) is 17.1 Å². The van der Waals surface area contributed by atoms with E-state index in [0.29, 0.717) is 19.1 Å². The summed E-state index contributed by atoms with van der Waals surface area (Å²) in [6.07, 6.45) is 0. The minimum Gasteiger partial charge on any atom is -0.492 e. The summed E-state index contributed by atoms with van der Waals surface area (Å²) in [4.78, 5) is 13.9. The third kappa shape index (κ3) is 6.03. The van der Waals surface area contributed by atoms with Gasteiger partial charge in [0.2, 0.25) is 0 Å². The van der Waals surface area contributed by atoms with Crippen molar-refractivity contribution in [3.63, 3.8) is 0 Å². The van der Waals surface area contributed by atoms with Gasteiger partial charge in [0.05, 0.1) is 6.54 Å². The monoisotopic (exact) mass is 341 g/mol. The first-order chi connectivity index (χ1) is 12.0. The van der Waals surface area contributed by atoms with Gasteiger partial charge in [-0.2, -0.15) is 0 Å². The Labute approximate surface area is 150 Å². The van der Waals surface area contributed by atoms with Gasteiger partial charge in [-0.05, 0) is 47.9 Å². The Morgan fingerprint density at radius 3 is 2.24 bits per heavy atom. The largest absolute Gasteiger partial charge is 0.492 e. The Kier molecular flexibility index (Phi) is 6.69. The van der Waals surface area contributed by atoms with Crippen molar-refractivity contribution in [3.8, 4) is 5.75 Å². The van der Waals surface area contributed by atoms with E-state index >= 15 is 0 Å². The van der Waals surface area contributed by atoms with Crippen LogP contribution in [0.1, 0.15) is 25.3 Å². The maximum atomic E-state index is 11.9. The highest BCUT2D eigenvalue weighted by molar-refractivity contribution is 5.89. The third-order valence-corrected chi connectivity index (χ3v) is 3.84. The van der Waals surface area contributed by atoms with Crippen LogP contribution in [0.2, 0.25) is 0 Å². The lowest BCUT2D eigenvalue weighted by molar-refractivity contribution is 0.247. The number of carbonyl (C=O) groups excluding carboxylic acids is 1. The minimum atomic E-state index is -0.239. The number of carbonyl (C=O) groups is 1. The average Bonchev–Trinajstić information content (AvgIpc) is 2.59. The molecule has 0 radical (unpaired) electrons. The first-order valence-electron chi connectivity index (χ1n) is 8.50. The van der Waals surface area contributed by atoms with Crippen LogP contribution in [-0.4, -0.2) is 33.3 Å². The summed E-state index contributed by atoms with van der Waals surface area (Å²) in [5.74, 6) is 1.32. The quantitative estimate of drug-likeness (QED) is 0.746. The smallest absolute Gasteiger partial charge is 0.319 e. The number of hydrogen-bond acceptors (Lipinski definition) is 3. The molecule has 0 heterocycles. The van der Waals surface area contributed by atoms with Crippen LogP contribution in [-0.2, 0) is 0 Å². The van der Waals surface area contributed by atoms with Crippen molar-refractivity contribution in [2.45, 2.75) is 19.8 Å². The Bertz CT molecular complexity index is 664. The Morgan fingerprint density at radius 2 is 1.68 bits per heavy atom. The number of nitrogens with zero attached hydrogens (tertiary/aromatic N) is 1. The van der Waals surface area contributed by atoms with Crippen LogP contribution < -0.4 is 20.3 Å². The zero-order chi connectivity index (χ0) is 18.2. The molecule has 0 saturated heterocycles. The van der Waals surface area contributed by atoms with E-state index in [1.807, 2.05) is 55.4 Å². The summed E-state index contributed by atoms with van der Waals surface area (Å²) in [5, 5.41) is 5.59. The molecule has 5 heteroatoms. The van der Waals surface area contributed by atoms with E-state index in [9.17, 15) is 4.79 Å². The first-order valence-corrected chi connectivity index (χ1v) is 8.50. The van der Waals surface area contributed by atoms with Crippen LogP contribution in [0.15, 0.2) is 48.5 Å². The molecule has 2 aromatic rings. The second kappa shape index (κ2) is 8.97. The zero-order valence-electron chi connectivity index (χ0n) is 15.4. The summed E-state index contributed by atoms with van der Waals surface area (Å²) in [7, 11) is 3.96. The van der Waals surface area contributed by atoms with E-state index in [2.05, 4.69) is 36.6 Å². The van der Waals surface area contributed by atoms with Crippen LogP contribution in [0.5, 0.6) is 5.75 Å². The van der Waals surface area contributed by atoms with Gasteiger partial charge in [-0.3, -0.25) is 0 Å². The Balaban J connectivity index is 1.69.